The highest BCUT2D eigenvalue weighted by Crippen LogP contribution is 2.32. The molecular formula is C26H33N5O2S. The van der Waals surface area contributed by atoms with Crippen molar-refractivity contribution < 1.29 is 4.79 Å². The zero-order chi connectivity index (χ0) is 23.5. The molecule has 2 aliphatic heterocycles. The predicted molar refractivity (Wildman–Crippen MR) is 137 cm³/mol. The lowest BCUT2D eigenvalue weighted by atomic mass is 10.0. The van der Waals surface area contributed by atoms with Crippen molar-refractivity contribution in [3.63, 3.8) is 0 Å². The summed E-state index contributed by atoms with van der Waals surface area (Å²) in [5.41, 5.74) is 1.52. The van der Waals surface area contributed by atoms with Crippen molar-refractivity contribution in [1.82, 2.24) is 19.4 Å². The van der Waals surface area contributed by atoms with Crippen molar-refractivity contribution in [2.24, 2.45) is 7.05 Å². The van der Waals surface area contributed by atoms with Crippen LogP contribution in [0.15, 0.2) is 35.1 Å². The molecule has 2 aliphatic rings. The number of thiazole rings is 1. The van der Waals surface area contributed by atoms with Crippen LogP contribution in [0.3, 0.4) is 0 Å². The van der Waals surface area contributed by atoms with E-state index < -0.39 is 0 Å². The number of piperidine rings is 1. The van der Waals surface area contributed by atoms with Gasteiger partial charge in [0.2, 0.25) is 0 Å². The Morgan fingerprint density at radius 1 is 1.03 bits per heavy atom. The number of rotatable bonds is 8. The summed E-state index contributed by atoms with van der Waals surface area (Å²) < 4.78 is 1.66. The minimum Gasteiger partial charge on any atom is -0.338 e. The van der Waals surface area contributed by atoms with Gasteiger partial charge in [-0.05, 0) is 50.8 Å². The van der Waals surface area contributed by atoms with E-state index in [1.54, 1.807) is 11.6 Å². The number of hydrogen-bond acceptors (Lipinski definition) is 7. The number of likely N-dealkylation sites (tertiary alicyclic amines) is 1. The molecule has 1 aromatic carbocycles. The largest absolute Gasteiger partial charge is 0.338 e. The van der Waals surface area contributed by atoms with Gasteiger partial charge in [-0.1, -0.05) is 48.1 Å². The van der Waals surface area contributed by atoms with Crippen LogP contribution in [0.25, 0.3) is 10.3 Å². The molecular weight excluding hydrogens is 446 g/mol. The molecule has 0 N–H and O–H groups in total. The first kappa shape index (κ1) is 23.2. The molecule has 0 amide bonds. The summed E-state index contributed by atoms with van der Waals surface area (Å²) in [4.78, 5) is 40.9. The first-order valence-electron chi connectivity index (χ1n) is 12.5. The number of fused-ring (bicyclic) bond motifs is 1. The molecule has 4 heterocycles. The number of nitrogens with zero attached hydrogens (tertiary/aromatic N) is 5. The van der Waals surface area contributed by atoms with Gasteiger partial charge >= 0.3 is 0 Å². The third kappa shape index (κ3) is 4.93. The number of Topliss-reactive ketones (excluding diaryl/α,β-unsaturated/α-hetero) is 1. The number of hydrogen-bond donors (Lipinski definition) is 0. The molecule has 0 unspecified atom stereocenters. The lowest BCUT2D eigenvalue weighted by molar-refractivity contribution is -0.120. The maximum atomic E-state index is 13.1. The first-order valence-corrected chi connectivity index (χ1v) is 13.3. The summed E-state index contributed by atoms with van der Waals surface area (Å²) in [5.74, 6) is 1.07. The summed E-state index contributed by atoms with van der Waals surface area (Å²) in [7, 11) is 1.80. The zero-order valence-corrected chi connectivity index (χ0v) is 20.7. The molecule has 1 atom stereocenters. The Hall–Kier alpha value is -2.58. The zero-order valence-electron chi connectivity index (χ0n) is 19.9. The molecule has 2 fully saturated rings. The molecule has 0 radical (unpaired) electrons. The number of ketones is 1. The van der Waals surface area contributed by atoms with Crippen LogP contribution in [-0.2, 0) is 24.7 Å². The van der Waals surface area contributed by atoms with Crippen molar-refractivity contribution in [3.05, 3.63) is 52.1 Å². The van der Waals surface area contributed by atoms with Crippen molar-refractivity contribution in [2.45, 2.75) is 57.4 Å². The van der Waals surface area contributed by atoms with Gasteiger partial charge in [0, 0.05) is 33.0 Å². The Labute approximate surface area is 204 Å². The van der Waals surface area contributed by atoms with E-state index in [4.69, 9.17) is 4.98 Å². The van der Waals surface area contributed by atoms with Gasteiger partial charge in [-0.3, -0.25) is 14.2 Å². The van der Waals surface area contributed by atoms with Gasteiger partial charge in [-0.25, -0.2) is 9.97 Å². The van der Waals surface area contributed by atoms with Gasteiger partial charge in [-0.15, -0.1) is 0 Å². The molecule has 180 valence electrons. The van der Waals surface area contributed by atoms with Crippen LogP contribution in [0.4, 0.5) is 5.13 Å². The summed E-state index contributed by atoms with van der Waals surface area (Å²) in [6, 6.07) is 9.99. The number of anilines is 1. The average molecular weight is 480 g/mol. The maximum absolute atomic E-state index is 13.1. The summed E-state index contributed by atoms with van der Waals surface area (Å²) >= 11 is 1.45. The van der Waals surface area contributed by atoms with E-state index in [9.17, 15) is 9.59 Å². The molecule has 34 heavy (non-hydrogen) atoms. The van der Waals surface area contributed by atoms with Gasteiger partial charge in [0.1, 0.15) is 5.82 Å². The first-order chi connectivity index (χ1) is 16.6. The van der Waals surface area contributed by atoms with E-state index >= 15 is 0 Å². The minimum absolute atomic E-state index is 0.0905. The van der Waals surface area contributed by atoms with Crippen LogP contribution in [0, 0.1) is 0 Å². The van der Waals surface area contributed by atoms with Gasteiger partial charge in [0.05, 0.1) is 6.04 Å². The lowest BCUT2D eigenvalue weighted by Crippen LogP contribution is -2.36. The second kappa shape index (κ2) is 10.4. The molecule has 0 aliphatic carbocycles. The van der Waals surface area contributed by atoms with E-state index in [2.05, 4.69) is 26.9 Å². The third-order valence-corrected chi connectivity index (χ3v) is 8.18. The molecule has 5 rings (SSSR count). The minimum atomic E-state index is -0.160. The molecule has 3 aromatic rings. The lowest BCUT2D eigenvalue weighted by Gasteiger charge is -2.26. The maximum Gasteiger partial charge on any atom is 0.280 e. The highest BCUT2D eigenvalue weighted by molar-refractivity contribution is 7.21. The summed E-state index contributed by atoms with van der Waals surface area (Å²) in [5, 5.41) is 0.753. The number of carbonyl (C=O) groups is 1. The SMILES string of the molecule is Cn1c(CCN2CCCCC2)nc2sc(N3CCC[C@@H]3C(=O)CCc3ccccc3)nc2c1=O. The number of carbonyl (C=O) groups excluding carboxylic acids is 1. The molecule has 0 spiro atoms. The van der Waals surface area contributed by atoms with E-state index in [0.29, 0.717) is 16.8 Å². The highest BCUT2D eigenvalue weighted by atomic mass is 32.1. The molecule has 7 nitrogen and oxygen atoms in total. The molecule has 2 saturated heterocycles. The fraction of sp³-hybridized carbons (Fsp3) is 0.538. The monoisotopic (exact) mass is 479 g/mol. The summed E-state index contributed by atoms with van der Waals surface area (Å²) in [6.07, 6.45) is 7.67. The summed E-state index contributed by atoms with van der Waals surface area (Å²) in [6.45, 7) is 4.00. The number of aromatic nitrogens is 3. The van der Waals surface area contributed by atoms with Gasteiger partial charge in [0.25, 0.3) is 5.56 Å². The fourth-order valence-corrected chi connectivity index (χ4v) is 6.21. The Bertz CT molecular complexity index is 1200. The number of benzene rings is 1. The molecule has 0 saturated carbocycles. The van der Waals surface area contributed by atoms with Crippen LogP contribution in [0.1, 0.15) is 49.9 Å². The van der Waals surface area contributed by atoms with Crippen LogP contribution in [0.2, 0.25) is 0 Å². The van der Waals surface area contributed by atoms with E-state index in [1.165, 1.54) is 36.2 Å². The Morgan fingerprint density at radius 3 is 2.62 bits per heavy atom. The van der Waals surface area contributed by atoms with E-state index in [0.717, 1.165) is 62.8 Å². The Kier molecular flexibility index (Phi) is 7.06. The smallest absolute Gasteiger partial charge is 0.280 e. The van der Waals surface area contributed by atoms with Gasteiger partial charge in [-0.2, -0.15) is 0 Å². The topological polar surface area (TPSA) is 71.3 Å². The second-order valence-electron chi connectivity index (χ2n) is 9.50. The Morgan fingerprint density at radius 2 is 1.82 bits per heavy atom. The van der Waals surface area contributed by atoms with Crippen molar-refractivity contribution in [1.29, 1.82) is 0 Å². The van der Waals surface area contributed by atoms with Gasteiger partial charge < -0.3 is 9.80 Å². The van der Waals surface area contributed by atoms with Crippen LogP contribution in [0.5, 0.6) is 0 Å². The van der Waals surface area contributed by atoms with Crippen LogP contribution >= 0.6 is 11.3 Å². The molecule has 2 aromatic heterocycles. The molecule has 0 bridgehead atoms. The van der Waals surface area contributed by atoms with Gasteiger partial charge in [0.15, 0.2) is 21.3 Å². The second-order valence-corrected chi connectivity index (χ2v) is 10.5. The highest BCUT2D eigenvalue weighted by Gasteiger charge is 2.32. The average Bonchev–Trinajstić information content (AvgIpc) is 3.52. The van der Waals surface area contributed by atoms with Crippen molar-refractivity contribution in [3.8, 4) is 0 Å². The fourth-order valence-electron chi connectivity index (χ4n) is 5.18. The van der Waals surface area contributed by atoms with Crippen LogP contribution < -0.4 is 10.5 Å². The predicted octanol–water partition coefficient (Wildman–Crippen LogP) is 3.59. The van der Waals surface area contributed by atoms with Crippen molar-refractivity contribution in [2.75, 3.05) is 31.1 Å². The normalized spacial score (nSPS) is 19.2. The third-order valence-electron chi connectivity index (χ3n) is 7.20. The van der Waals surface area contributed by atoms with Crippen molar-refractivity contribution >= 4 is 32.6 Å². The standard InChI is InChI=1S/C26H33N5O2S/c1-29-22(14-18-30-15-6-3-7-16-30)27-24-23(25(29)33)28-26(34-24)31-17-8-11-20(31)21(32)13-12-19-9-4-2-5-10-19/h2,4-5,9-10,20H,3,6-8,11-18H2,1H3/t20-/m1/s1. The molecule has 8 heteroatoms. The van der Waals surface area contributed by atoms with E-state index in [-0.39, 0.29) is 17.4 Å². The quantitative estimate of drug-likeness (QED) is 0.492. The van der Waals surface area contributed by atoms with Crippen LogP contribution in [-0.4, -0.2) is 57.4 Å². The van der Waals surface area contributed by atoms with E-state index in [1.807, 2.05) is 18.2 Å². The Balaban J connectivity index is 1.32. The number of aryl methyl sites for hydroxylation is 1.